The molecule has 0 rings (SSSR count). The Morgan fingerprint density at radius 3 is 2.36 bits per heavy atom. The van der Waals surface area contributed by atoms with E-state index in [-0.39, 0.29) is 10.5 Å². The Hall–Kier alpha value is -0.640. The Kier molecular flexibility index (Phi) is 6.45. The first-order valence-electron chi connectivity index (χ1n) is 5.20. The van der Waals surface area contributed by atoms with Gasteiger partial charge in [-0.3, -0.25) is 5.43 Å². The van der Waals surface area contributed by atoms with Crippen LogP contribution < -0.4 is 11.2 Å². The minimum Gasteiger partial charge on any atom is -0.375 e. The molecule has 0 radical (unpaired) electrons. The fourth-order valence-corrected chi connectivity index (χ4v) is 1.63. The van der Waals surface area contributed by atoms with Crippen LogP contribution in [0.15, 0.2) is 5.10 Å². The van der Waals surface area contributed by atoms with E-state index in [0.717, 1.165) is 19.3 Å². The molecule has 82 valence electrons. The largest absolute Gasteiger partial charge is 0.375 e. The van der Waals surface area contributed by atoms with E-state index in [9.17, 15) is 0 Å². The normalized spacial score (nSPS) is 11.9. The Bertz CT molecular complexity index is 198. The molecule has 0 bridgehead atoms. The lowest BCUT2D eigenvalue weighted by atomic mass is 9.80. The Morgan fingerprint density at radius 1 is 1.43 bits per heavy atom. The van der Waals surface area contributed by atoms with E-state index < -0.39 is 0 Å². The van der Waals surface area contributed by atoms with Crippen molar-refractivity contribution in [1.29, 1.82) is 0 Å². The summed E-state index contributed by atoms with van der Waals surface area (Å²) in [5.74, 6) is 0. The summed E-state index contributed by atoms with van der Waals surface area (Å²) in [5, 5.41) is 4.28. The summed E-state index contributed by atoms with van der Waals surface area (Å²) in [6.07, 6.45) is 6.47. The summed E-state index contributed by atoms with van der Waals surface area (Å²) in [7, 11) is 0. The average molecular weight is 215 g/mol. The molecule has 3 nitrogen and oxygen atoms in total. The molecule has 14 heavy (non-hydrogen) atoms. The monoisotopic (exact) mass is 215 g/mol. The van der Waals surface area contributed by atoms with E-state index >= 15 is 0 Å². The SMILES string of the molecule is CCCC(C=NNC(N)=S)(CC)CC. The number of rotatable bonds is 6. The van der Waals surface area contributed by atoms with Gasteiger partial charge in [0.1, 0.15) is 0 Å². The van der Waals surface area contributed by atoms with Crippen molar-refractivity contribution in [2.45, 2.75) is 46.5 Å². The van der Waals surface area contributed by atoms with Gasteiger partial charge in [0.25, 0.3) is 0 Å². The van der Waals surface area contributed by atoms with E-state index in [2.05, 4.69) is 43.5 Å². The highest BCUT2D eigenvalue weighted by Gasteiger charge is 2.22. The molecule has 0 unspecified atom stereocenters. The molecular weight excluding hydrogens is 194 g/mol. The summed E-state index contributed by atoms with van der Waals surface area (Å²) in [4.78, 5) is 0. The number of hydrogen-bond donors (Lipinski definition) is 2. The molecule has 0 aromatic rings. The van der Waals surface area contributed by atoms with Crippen molar-refractivity contribution in [3.8, 4) is 0 Å². The molecule has 0 amide bonds. The number of nitrogens with zero attached hydrogens (tertiary/aromatic N) is 1. The van der Waals surface area contributed by atoms with E-state index in [0.29, 0.717) is 0 Å². The van der Waals surface area contributed by atoms with Crippen molar-refractivity contribution in [3.63, 3.8) is 0 Å². The van der Waals surface area contributed by atoms with E-state index in [4.69, 9.17) is 5.73 Å². The predicted octanol–water partition coefficient (Wildman–Crippen LogP) is 2.41. The summed E-state index contributed by atoms with van der Waals surface area (Å²) in [6.45, 7) is 6.56. The Morgan fingerprint density at radius 2 is 2.00 bits per heavy atom. The lowest BCUT2D eigenvalue weighted by Gasteiger charge is -2.26. The van der Waals surface area contributed by atoms with Gasteiger partial charge in [0.05, 0.1) is 0 Å². The van der Waals surface area contributed by atoms with Crippen LogP contribution in [0.4, 0.5) is 0 Å². The molecule has 4 heteroatoms. The van der Waals surface area contributed by atoms with Gasteiger partial charge in [-0.1, -0.05) is 27.2 Å². The third-order valence-corrected chi connectivity index (χ3v) is 2.76. The van der Waals surface area contributed by atoms with Gasteiger partial charge in [0, 0.05) is 11.6 Å². The molecule has 0 fully saturated rings. The molecule has 0 aliphatic carbocycles. The van der Waals surface area contributed by atoms with E-state index in [1.165, 1.54) is 6.42 Å². The molecule has 0 aliphatic rings. The van der Waals surface area contributed by atoms with Crippen molar-refractivity contribution in [2.24, 2.45) is 16.3 Å². The standard InChI is InChI=1S/C10H21N3S/c1-4-7-10(5-2,6-3)8-12-13-9(11)14/h8H,4-7H2,1-3H3,(H3,11,13,14). The van der Waals surface area contributed by atoms with Crippen molar-refractivity contribution >= 4 is 23.5 Å². The maximum atomic E-state index is 5.29. The maximum Gasteiger partial charge on any atom is 0.184 e. The van der Waals surface area contributed by atoms with Crippen LogP contribution in [0.3, 0.4) is 0 Å². The molecule has 0 saturated heterocycles. The van der Waals surface area contributed by atoms with Crippen LogP contribution in [0.2, 0.25) is 0 Å². The van der Waals surface area contributed by atoms with Gasteiger partial charge in [0.2, 0.25) is 0 Å². The van der Waals surface area contributed by atoms with Gasteiger partial charge in [-0.05, 0) is 31.5 Å². The van der Waals surface area contributed by atoms with Crippen molar-refractivity contribution in [1.82, 2.24) is 5.43 Å². The third-order valence-electron chi connectivity index (χ3n) is 2.67. The van der Waals surface area contributed by atoms with Crippen LogP contribution in [0.5, 0.6) is 0 Å². The van der Waals surface area contributed by atoms with Gasteiger partial charge in [-0.15, -0.1) is 0 Å². The number of nitrogens with one attached hydrogen (secondary N) is 1. The summed E-state index contributed by atoms with van der Waals surface area (Å²) in [5.41, 5.74) is 8.09. The second-order valence-corrected chi connectivity index (χ2v) is 3.99. The number of thiocarbonyl (C=S) groups is 1. The second kappa shape index (κ2) is 6.76. The molecule has 3 N–H and O–H groups in total. The highest BCUT2D eigenvalue weighted by molar-refractivity contribution is 7.80. The lowest BCUT2D eigenvalue weighted by Crippen LogP contribution is -2.27. The van der Waals surface area contributed by atoms with Gasteiger partial charge >= 0.3 is 0 Å². The van der Waals surface area contributed by atoms with Gasteiger partial charge in [0.15, 0.2) is 5.11 Å². The van der Waals surface area contributed by atoms with Crippen LogP contribution >= 0.6 is 12.2 Å². The summed E-state index contributed by atoms with van der Waals surface area (Å²) >= 11 is 4.67. The Balaban J connectivity index is 4.32. The average Bonchev–Trinajstić information content (AvgIpc) is 2.16. The quantitative estimate of drug-likeness (QED) is 0.406. The zero-order valence-corrected chi connectivity index (χ0v) is 10.2. The molecule has 0 aliphatic heterocycles. The van der Waals surface area contributed by atoms with Crippen LogP contribution in [0.25, 0.3) is 0 Å². The zero-order valence-electron chi connectivity index (χ0n) is 9.34. The predicted molar refractivity (Wildman–Crippen MR) is 66.3 cm³/mol. The molecule has 0 aromatic heterocycles. The van der Waals surface area contributed by atoms with Crippen LogP contribution in [-0.4, -0.2) is 11.3 Å². The van der Waals surface area contributed by atoms with Gasteiger partial charge < -0.3 is 5.73 Å². The minimum absolute atomic E-state index is 0.201. The topological polar surface area (TPSA) is 50.4 Å². The fourth-order valence-electron chi connectivity index (χ4n) is 1.58. The smallest absolute Gasteiger partial charge is 0.184 e. The van der Waals surface area contributed by atoms with Crippen molar-refractivity contribution in [3.05, 3.63) is 0 Å². The molecule has 0 saturated carbocycles. The van der Waals surface area contributed by atoms with Crippen LogP contribution in [0.1, 0.15) is 46.5 Å². The number of nitrogens with two attached hydrogens (primary N) is 1. The van der Waals surface area contributed by atoms with Crippen molar-refractivity contribution in [2.75, 3.05) is 0 Å². The molecule has 0 spiro atoms. The first kappa shape index (κ1) is 13.4. The Labute approximate surface area is 92.1 Å². The highest BCUT2D eigenvalue weighted by Crippen LogP contribution is 2.29. The fraction of sp³-hybridized carbons (Fsp3) is 0.800. The first-order valence-corrected chi connectivity index (χ1v) is 5.60. The molecular formula is C10H21N3S. The third kappa shape index (κ3) is 4.56. The van der Waals surface area contributed by atoms with E-state index in [1.54, 1.807) is 0 Å². The summed E-state index contributed by atoms with van der Waals surface area (Å²) < 4.78 is 0. The lowest BCUT2D eigenvalue weighted by molar-refractivity contribution is 0.361. The summed E-state index contributed by atoms with van der Waals surface area (Å²) in [6, 6.07) is 0. The van der Waals surface area contributed by atoms with Crippen LogP contribution in [0, 0.1) is 5.41 Å². The first-order chi connectivity index (χ1) is 6.60. The number of hydrazone groups is 1. The van der Waals surface area contributed by atoms with Crippen LogP contribution in [-0.2, 0) is 0 Å². The molecule has 0 heterocycles. The molecule has 0 aromatic carbocycles. The second-order valence-electron chi connectivity index (χ2n) is 3.55. The highest BCUT2D eigenvalue weighted by atomic mass is 32.1. The van der Waals surface area contributed by atoms with Crippen molar-refractivity contribution < 1.29 is 0 Å². The van der Waals surface area contributed by atoms with Gasteiger partial charge in [-0.25, -0.2) is 0 Å². The molecule has 0 atom stereocenters. The maximum absolute atomic E-state index is 5.29. The van der Waals surface area contributed by atoms with E-state index in [1.807, 2.05) is 6.21 Å². The van der Waals surface area contributed by atoms with Gasteiger partial charge in [-0.2, -0.15) is 5.10 Å². The number of hydrogen-bond acceptors (Lipinski definition) is 2. The minimum atomic E-state index is 0.201. The zero-order chi connectivity index (χ0) is 11.0.